The van der Waals surface area contributed by atoms with Crippen molar-refractivity contribution in [2.24, 2.45) is 5.10 Å². The number of morpholine rings is 1. The molecule has 3 heterocycles. The number of carbonyl (C=O) groups is 1. The summed E-state index contributed by atoms with van der Waals surface area (Å²) in [6, 6.07) is 9.45. The van der Waals surface area contributed by atoms with Crippen LogP contribution >= 0.6 is 11.6 Å². The molecule has 5 rings (SSSR count). The summed E-state index contributed by atoms with van der Waals surface area (Å²) in [6.45, 7) is 2.54. The zero-order valence-electron chi connectivity index (χ0n) is 21.8. The van der Waals surface area contributed by atoms with Crippen LogP contribution in [0, 0.1) is 5.82 Å². The molecule has 0 spiro atoms. The summed E-state index contributed by atoms with van der Waals surface area (Å²) in [5.74, 6) is -0.377. The molecular formula is C25H25ClFN9O5. The van der Waals surface area contributed by atoms with E-state index in [1.54, 1.807) is 24.3 Å². The van der Waals surface area contributed by atoms with Crippen LogP contribution in [0.1, 0.15) is 27.3 Å². The van der Waals surface area contributed by atoms with Crippen LogP contribution < -0.4 is 20.6 Å². The Hall–Kier alpha value is -4.60. The summed E-state index contributed by atoms with van der Waals surface area (Å²) < 4.78 is 37.0. The van der Waals surface area contributed by atoms with Gasteiger partial charge in [-0.25, -0.2) is 14.4 Å². The van der Waals surface area contributed by atoms with Gasteiger partial charge in [-0.15, -0.1) is 5.10 Å². The molecule has 2 aromatic heterocycles. The van der Waals surface area contributed by atoms with Crippen LogP contribution in [0.3, 0.4) is 0 Å². The molecule has 2 aromatic carbocycles. The maximum atomic E-state index is 14.3. The molecule has 1 amide bonds. The van der Waals surface area contributed by atoms with Gasteiger partial charge in [0.1, 0.15) is 12.4 Å². The van der Waals surface area contributed by atoms with E-state index < -0.39 is 11.7 Å². The summed E-state index contributed by atoms with van der Waals surface area (Å²) in [5.41, 5.74) is 9.38. The first-order chi connectivity index (χ1) is 20.0. The number of amides is 1. The molecule has 1 saturated heterocycles. The number of rotatable bonds is 10. The molecule has 41 heavy (non-hydrogen) atoms. The fourth-order valence-electron chi connectivity index (χ4n) is 4.08. The average molecular weight is 586 g/mol. The lowest BCUT2D eigenvalue weighted by atomic mass is 10.2. The van der Waals surface area contributed by atoms with Crippen molar-refractivity contribution in [2.45, 2.75) is 13.2 Å². The van der Waals surface area contributed by atoms with Gasteiger partial charge in [0.2, 0.25) is 11.6 Å². The number of nitrogen functional groups attached to an aromatic ring is 1. The number of para-hydroxylation sites is 1. The highest BCUT2D eigenvalue weighted by Crippen LogP contribution is 2.32. The van der Waals surface area contributed by atoms with Crippen molar-refractivity contribution in [2.75, 3.05) is 39.1 Å². The number of hydrogen-bond donors (Lipinski definition) is 2. The number of nitrogens with two attached hydrogens (primary N) is 1. The minimum atomic E-state index is -0.630. The van der Waals surface area contributed by atoms with Gasteiger partial charge in [0.05, 0.1) is 37.3 Å². The monoisotopic (exact) mass is 585 g/mol. The van der Waals surface area contributed by atoms with E-state index in [-0.39, 0.29) is 40.3 Å². The zero-order chi connectivity index (χ0) is 28.8. The van der Waals surface area contributed by atoms with Crippen LogP contribution in [0.5, 0.6) is 11.5 Å². The van der Waals surface area contributed by atoms with Crippen molar-refractivity contribution in [3.8, 4) is 17.3 Å². The molecule has 0 atom stereocenters. The first-order valence-electron chi connectivity index (χ1n) is 12.4. The van der Waals surface area contributed by atoms with Crippen LogP contribution in [0.4, 0.5) is 10.2 Å². The summed E-state index contributed by atoms with van der Waals surface area (Å²) in [6.07, 6.45) is 1.37. The van der Waals surface area contributed by atoms with Crippen molar-refractivity contribution in [3.05, 3.63) is 69.8 Å². The minimum Gasteiger partial charge on any atom is -0.493 e. The number of carbonyl (C=O) groups excluding carboxylic acids is 1. The molecule has 4 aromatic rings. The average Bonchev–Trinajstić information content (AvgIpc) is 3.59. The Bertz CT molecular complexity index is 1530. The third-order valence-electron chi connectivity index (χ3n) is 6.17. The number of ether oxygens (including phenoxy) is 3. The highest BCUT2D eigenvalue weighted by atomic mass is 35.5. The fourth-order valence-corrected chi connectivity index (χ4v) is 4.29. The fraction of sp³-hybridized carbons (Fsp3) is 0.280. The normalized spacial score (nSPS) is 13.9. The molecular weight excluding hydrogens is 561 g/mol. The number of hydrogen-bond acceptors (Lipinski definition) is 12. The van der Waals surface area contributed by atoms with Crippen molar-refractivity contribution in [3.63, 3.8) is 0 Å². The van der Waals surface area contributed by atoms with Crippen molar-refractivity contribution >= 4 is 29.5 Å². The van der Waals surface area contributed by atoms with Crippen LogP contribution in [0.2, 0.25) is 5.02 Å². The molecule has 1 aliphatic heterocycles. The van der Waals surface area contributed by atoms with Gasteiger partial charge in [-0.2, -0.15) is 9.78 Å². The first-order valence-corrected chi connectivity index (χ1v) is 12.7. The van der Waals surface area contributed by atoms with Gasteiger partial charge in [0.25, 0.3) is 5.91 Å². The smallest absolute Gasteiger partial charge is 0.293 e. The predicted octanol–water partition coefficient (Wildman–Crippen LogP) is 2.21. The molecule has 0 saturated carbocycles. The molecule has 214 valence electrons. The lowest BCUT2D eigenvalue weighted by Crippen LogP contribution is -2.37. The lowest BCUT2D eigenvalue weighted by Gasteiger charge is -2.26. The third kappa shape index (κ3) is 6.26. The molecule has 16 heteroatoms. The Kier molecular flexibility index (Phi) is 8.67. The van der Waals surface area contributed by atoms with E-state index in [0.717, 1.165) is 0 Å². The standard InChI is InChI=1S/C25H25ClFN9O5/c1-38-20-7-2-4-15(22(20)40-14-16-17(26)5-3-6-18(16)27)12-29-31-25(37)21-19(13-35-8-10-39-11-9-35)36(34-30-21)24-23(28)32-41-33-24/h2-7,12H,8-11,13-14H2,1H3,(H2,28,32)(H,31,37)/b29-12-. The number of benzene rings is 2. The van der Waals surface area contributed by atoms with Crippen molar-refractivity contribution < 1.29 is 28.0 Å². The number of anilines is 1. The molecule has 1 aliphatic rings. The van der Waals surface area contributed by atoms with Gasteiger partial charge in [-0.1, -0.05) is 28.9 Å². The van der Waals surface area contributed by atoms with E-state index in [1.807, 2.05) is 0 Å². The van der Waals surface area contributed by atoms with Gasteiger partial charge >= 0.3 is 0 Å². The molecule has 0 bridgehead atoms. The molecule has 3 N–H and O–H groups in total. The summed E-state index contributed by atoms with van der Waals surface area (Å²) in [5, 5.41) is 19.8. The highest BCUT2D eigenvalue weighted by Gasteiger charge is 2.26. The largest absolute Gasteiger partial charge is 0.493 e. The van der Waals surface area contributed by atoms with Crippen LogP contribution in [-0.4, -0.2) is 75.7 Å². The van der Waals surface area contributed by atoms with E-state index in [9.17, 15) is 9.18 Å². The van der Waals surface area contributed by atoms with Crippen molar-refractivity contribution in [1.82, 2.24) is 35.6 Å². The van der Waals surface area contributed by atoms with Gasteiger partial charge in [0, 0.05) is 30.8 Å². The molecule has 0 unspecified atom stereocenters. The number of aromatic nitrogens is 5. The second kappa shape index (κ2) is 12.7. The highest BCUT2D eigenvalue weighted by molar-refractivity contribution is 6.31. The number of hydrazone groups is 1. The Morgan fingerprint density at radius 3 is 2.78 bits per heavy atom. The zero-order valence-corrected chi connectivity index (χ0v) is 22.5. The molecule has 0 aliphatic carbocycles. The number of methoxy groups -OCH3 is 1. The van der Waals surface area contributed by atoms with E-state index in [1.165, 1.54) is 30.1 Å². The summed E-state index contributed by atoms with van der Waals surface area (Å²) in [4.78, 5) is 15.2. The Morgan fingerprint density at radius 2 is 2.05 bits per heavy atom. The summed E-state index contributed by atoms with van der Waals surface area (Å²) >= 11 is 6.14. The Morgan fingerprint density at radius 1 is 1.24 bits per heavy atom. The first kappa shape index (κ1) is 27.9. The van der Waals surface area contributed by atoms with Gasteiger partial charge in [-0.3, -0.25) is 9.69 Å². The second-order valence-corrected chi connectivity index (χ2v) is 9.13. The van der Waals surface area contributed by atoms with E-state index in [4.69, 9.17) is 36.2 Å². The molecule has 1 fully saturated rings. The van der Waals surface area contributed by atoms with E-state index >= 15 is 0 Å². The van der Waals surface area contributed by atoms with Gasteiger partial charge < -0.3 is 19.9 Å². The second-order valence-electron chi connectivity index (χ2n) is 8.72. The van der Waals surface area contributed by atoms with E-state index in [0.29, 0.717) is 49.9 Å². The van der Waals surface area contributed by atoms with Crippen LogP contribution in [-0.2, 0) is 17.9 Å². The quantitative estimate of drug-likeness (QED) is 0.207. The number of nitrogens with one attached hydrogen (secondary N) is 1. The number of nitrogens with zero attached hydrogens (tertiary/aromatic N) is 7. The topological polar surface area (TPSA) is 168 Å². The maximum absolute atomic E-state index is 14.3. The Balaban J connectivity index is 1.36. The summed E-state index contributed by atoms with van der Waals surface area (Å²) in [7, 11) is 1.47. The lowest BCUT2D eigenvalue weighted by molar-refractivity contribution is 0.0332. The predicted molar refractivity (Wildman–Crippen MR) is 144 cm³/mol. The van der Waals surface area contributed by atoms with E-state index in [2.05, 4.69) is 36.1 Å². The van der Waals surface area contributed by atoms with Crippen LogP contribution in [0.15, 0.2) is 46.1 Å². The van der Waals surface area contributed by atoms with Gasteiger partial charge in [0.15, 0.2) is 17.2 Å². The SMILES string of the molecule is COc1cccc(/C=N\NC(=O)c2nnn(-c3nonc3N)c2CN2CCOCC2)c1OCc1c(F)cccc1Cl. The van der Waals surface area contributed by atoms with Crippen molar-refractivity contribution in [1.29, 1.82) is 0 Å². The molecule has 0 radical (unpaired) electrons. The van der Waals surface area contributed by atoms with Crippen LogP contribution in [0.25, 0.3) is 5.82 Å². The Labute approximate surface area is 237 Å². The van der Waals surface area contributed by atoms with Gasteiger partial charge in [-0.05, 0) is 34.6 Å². The minimum absolute atomic E-state index is 0.00681. The number of halogens is 2. The third-order valence-corrected chi connectivity index (χ3v) is 6.53. The molecule has 14 nitrogen and oxygen atoms in total. The maximum Gasteiger partial charge on any atom is 0.293 e.